The lowest BCUT2D eigenvalue weighted by atomic mass is 9.95. The van der Waals surface area contributed by atoms with Crippen LogP contribution in [0.1, 0.15) is 62.1 Å². The third kappa shape index (κ3) is 8.18. The van der Waals surface area contributed by atoms with Crippen molar-refractivity contribution in [1.29, 1.82) is 0 Å². The van der Waals surface area contributed by atoms with Crippen molar-refractivity contribution in [2.24, 2.45) is 0 Å². The molecule has 0 spiro atoms. The zero-order chi connectivity index (χ0) is 29.2. The van der Waals surface area contributed by atoms with E-state index in [1.807, 2.05) is 42.5 Å². The minimum Gasteiger partial charge on any atom is -0.379 e. The molecule has 0 saturated carbocycles. The molecule has 2 aromatic rings. The third-order valence-electron chi connectivity index (χ3n) is 6.84. The monoisotopic (exact) mass is 562 g/mol. The van der Waals surface area contributed by atoms with Gasteiger partial charge >= 0.3 is 5.97 Å². The lowest BCUT2D eigenvalue weighted by Gasteiger charge is -2.28. The van der Waals surface area contributed by atoms with Crippen LogP contribution in [0.5, 0.6) is 0 Å². The fourth-order valence-electron chi connectivity index (χ4n) is 4.66. The molecule has 0 atom stereocenters. The highest BCUT2D eigenvalue weighted by molar-refractivity contribution is 6.01. The number of nitrogens with zero attached hydrogens (tertiary/aromatic N) is 2. The van der Waals surface area contributed by atoms with Crippen LogP contribution >= 0.6 is 0 Å². The zero-order valence-corrected chi connectivity index (χ0v) is 23.1. The first-order chi connectivity index (χ1) is 19.8. The molecule has 1 saturated heterocycles. The number of para-hydroxylation sites is 1. The molecule has 2 aliphatic heterocycles. The van der Waals surface area contributed by atoms with Gasteiger partial charge in [-0.25, -0.2) is 4.79 Å². The van der Waals surface area contributed by atoms with Crippen LogP contribution in [0, 0.1) is 0 Å². The molecule has 0 radical (unpaired) electrons. The van der Waals surface area contributed by atoms with E-state index in [9.17, 15) is 24.0 Å². The number of allylic oxidation sites excluding steroid dienone is 1. The summed E-state index contributed by atoms with van der Waals surface area (Å²) in [5, 5.41) is 0.501. The third-order valence-corrected chi connectivity index (χ3v) is 6.84. The molecule has 10 heteroatoms. The van der Waals surface area contributed by atoms with E-state index in [0.717, 1.165) is 28.0 Å². The molecule has 0 aliphatic carbocycles. The predicted molar refractivity (Wildman–Crippen MR) is 150 cm³/mol. The molecule has 0 aromatic heterocycles. The Morgan fingerprint density at radius 3 is 2.20 bits per heavy atom. The number of ketones is 1. The normalized spacial score (nSPS) is 15.9. The van der Waals surface area contributed by atoms with Crippen molar-refractivity contribution >= 4 is 46.8 Å². The summed E-state index contributed by atoms with van der Waals surface area (Å²) in [4.78, 5) is 66.9. The number of carbonyl (C=O) groups is 5. The van der Waals surface area contributed by atoms with Crippen molar-refractivity contribution < 1.29 is 38.3 Å². The molecule has 0 N–H and O–H groups in total. The number of anilines is 1. The topological polar surface area (TPSA) is 120 Å². The molecule has 0 bridgehead atoms. The molecule has 41 heavy (non-hydrogen) atoms. The van der Waals surface area contributed by atoms with Crippen molar-refractivity contribution in [3.8, 4) is 0 Å². The fourth-order valence-corrected chi connectivity index (χ4v) is 4.66. The second-order valence-electron chi connectivity index (χ2n) is 9.83. The number of carbonyl (C=O) groups excluding carboxylic acids is 5. The van der Waals surface area contributed by atoms with Gasteiger partial charge in [0, 0.05) is 32.1 Å². The maximum absolute atomic E-state index is 13.3. The van der Waals surface area contributed by atoms with Crippen molar-refractivity contribution in [1.82, 2.24) is 5.06 Å². The van der Waals surface area contributed by atoms with Crippen LogP contribution in [-0.4, -0.2) is 61.0 Å². The van der Waals surface area contributed by atoms with E-state index in [-0.39, 0.29) is 76.6 Å². The van der Waals surface area contributed by atoms with Gasteiger partial charge in [-0.2, -0.15) is 0 Å². The van der Waals surface area contributed by atoms with Gasteiger partial charge in [0.2, 0.25) is 5.91 Å². The average Bonchev–Trinajstić information content (AvgIpc) is 3.27. The van der Waals surface area contributed by atoms with E-state index in [2.05, 4.69) is 19.1 Å². The molecule has 3 amide bonds. The first kappa shape index (κ1) is 29.8. The average molecular weight is 563 g/mol. The van der Waals surface area contributed by atoms with Crippen LogP contribution in [0.4, 0.5) is 5.69 Å². The minimum atomic E-state index is -0.732. The number of hydroxylamine groups is 2. The Hall–Kier alpha value is -4.15. The van der Waals surface area contributed by atoms with Crippen molar-refractivity contribution in [2.75, 3.05) is 31.3 Å². The van der Waals surface area contributed by atoms with Crippen LogP contribution in [0.3, 0.4) is 0 Å². The molecule has 2 heterocycles. The highest BCUT2D eigenvalue weighted by atomic mass is 16.7. The van der Waals surface area contributed by atoms with Crippen LogP contribution in [-0.2, 0) is 44.8 Å². The summed E-state index contributed by atoms with van der Waals surface area (Å²) in [5.41, 5.74) is 5.08. The number of amides is 3. The van der Waals surface area contributed by atoms with Gasteiger partial charge in [0.25, 0.3) is 11.8 Å². The van der Waals surface area contributed by atoms with Crippen molar-refractivity contribution in [3.05, 3.63) is 65.2 Å². The van der Waals surface area contributed by atoms with E-state index < -0.39 is 17.8 Å². The molecule has 10 nitrogen and oxygen atoms in total. The smallest absolute Gasteiger partial charge is 0.335 e. The summed E-state index contributed by atoms with van der Waals surface area (Å²) in [7, 11) is 0. The molecule has 4 rings (SSSR count). The highest BCUT2D eigenvalue weighted by Crippen LogP contribution is 2.32. The summed E-state index contributed by atoms with van der Waals surface area (Å²) in [6.07, 6.45) is 2.45. The molecule has 2 aliphatic rings. The zero-order valence-electron chi connectivity index (χ0n) is 23.1. The Bertz CT molecular complexity index is 1320. The number of hydrogen-bond acceptors (Lipinski definition) is 8. The second-order valence-corrected chi connectivity index (χ2v) is 9.83. The molecule has 0 unspecified atom stereocenters. The molecule has 216 valence electrons. The van der Waals surface area contributed by atoms with Gasteiger partial charge in [-0.05, 0) is 41.3 Å². The number of rotatable bonds is 13. The Morgan fingerprint density at radius 1 is 0.780 bits per heavy atom. The van der Waals surface area contributed by atoms with E-state index in [1.54, 1.807) is 4.90 Å². The molecular formula is C31H34N2O8. The highest BCUT2D eigenvalue weighted by Gasteiger charge is 2.32. The number of hydrogen-bond donors (Lipinski definition) is 0. The first-order valence-electron chi connectivity index (χ1n) is 13.7. The van der Waals surface area contributed by atoms with Gasteiger partial charge in [-0.15, -0.1) is 5.06 Å². The summed E-state index contributed by atoms with van der Waals surface area (Å²) in [6.45, 7) is 3.16. The second kappa shape index (κ2) is 14.5. The lowest BCUT2D eigenvalue weighted by Crippen LogP contribution is -2.32. The van der Waals surface area contributed by atoms with Gasteiger partial charge in [0.15, 0.2) is 0 Å². The van der Waals surface area contributed by atoms with Crippen LogP contribution in [0.25, 0.3) is 11.6 Å². The predicted octanol–water partition coefficient (Wildman–Crippen LogP) is 3.86. The van der Waals surface area contributed by atoms with Gasteiger partial charge in [0.05, 0.1) is 45.1 Å². The maximum Gasteiger partial charge on any atom is 0.335 e. The Balaban J connectivity index is 1.14. The quantitative estimate of drug-likeness (QED) is 0.267. The Kier molecular flexibility index (Phi) is 10.5. The fraction of sp³-hybridized carbons (Fsp3) is 0.387. The number of fused-ring (bicyclic) bond motifs is 2. The van der Waals surface area contributed by atoms with E-state index in [1.165, 1.54) is 0 Å². The molecule has 2 aromatic carbocycles. The van der Waals surface area contributed by atoms with Crippen molar-refractivity contribution in [3.63, 3.8) is 0 Å². The van der Waals surface area contributed by atoms with E-state index >= 15 is 0 Å². The van der Waals surface area contributed by atoms with Crippen LogP contribution in [0.2, 0.25) is 0 Å². The molecule has 1 fully saturated rings. The van der Waals surface area contributed by atoms with Crippen LogP contribution < -0.4 is 4.90 Å². The number of ether oxygens (including phenoxy) is 2. The van der Waals surface area contributed by atoms with E-state index in [0.29, 0.717) is 11.6 Å². The minimum absolute atomic E-state index is 0.0400. The van der Waals surface area contributed by atoms with Gasteiger partial charge in [0.1, 0.15) is 5.78 Å². The summed E-state index contributed by atoms with van der Waals surface area (Å²) < 4.78 is 10.7. The van der Waals surface area contributed by atoms with Crippen molar-refractivity contribution in [2.45, 2.75) is 52.0 Å². The number of imide groups is 1. The standard InChI is InChI=1S/C31H34N2O8/c1-22-20-23-6-3-5-9-27(23)32(21-24-7-2-4-8-26(22)24)28(35)11-10-25(34)14-16-39-18-19-40-17-15-31(38)41-33-29(36)12-13-30(33)37/h2-9,20H,10-19,21H2,1H3/b22-20-. The van der Waals surface area contributed by atoms with E-state index in [4.69, 9.17) is 14.3 Å². The summed E-state index contributed by atoms with van der Waals surface area (Å²) in [6, 6.07) is 15.8. The SMILES string of the molecule is C/C1=C/c2ccccc2N(C(=O)CCC(=O)CCOCCOCCC(=O)ON2C(=O)CCC2=O)Cc2ccccc21. The number of benzene rings is 2. The lowest BCUT2D eigenvalue weighted by molar-refractivity contribution is -0.198. The largest absolute Gasteiger partial charge is 0.379 e. The first-order valence-corrected chi connectivity index (χ1v) is 13.7. The maximum atomic E-state index is 13.3. The van der Waals surface area contributed by atoms with Gasteiger partial charge < -0.3 is 19.2 Å². The van der Waals surface area contributed by atoms with Gasteiger partial charge in [-0.3, -0.25) is 19.2 Å². The van der Waals surface area contributed by atoms with Crippen LogP contribution in [0.15, 0.2) is 48.5 Å². The Morgan fingerprint density at radius 2 is 1.44 bits per heavy atom. The van der Waals surface area contributed by atoms with Gasteiger partial charge in [-0.1, -0.05) is 42.5 Å². The summed E-state index contributed by atoms with van der Waals surface area (Å²) >= 11 is 0. The number of Topliss-reactive ketones (excluding diaryl/α,β-unsaturated/α-hetero) is 1. The Labute approximate surface area is 238 Å². The molecular weight excluding hydrogens is 528 g/mol. The summed E-state index contributed by atoms with van der Waals surface area (Å²) in [5.74, 6) is -1.97.